The number of hydrogen-bond acceptors (Lipinski definition) is 2. The number of nitrogens with one attached hydrogen (secondary N) is 1. The minimum absolute atomic E-state index is 0.140. The van der Waals surface area contributed by atoms with Gasteiger partial charge in [0.2, 0.25) is 0 Å². The van der Waals surface area contributed by atoms with Gasteiger partial charge in [-0.3, -0.25) is 4.79 Å². The summed E-state index contributed by atoms with van der Waals surface area (Å²) in [5, 5.41) is 11.9. The third-order valence-corrected chi connectivity index (χ3v) is 1.75. The third kappa shape index (κ3) is 6.58. The van der Waals surface area contributed by atoms with Crippen molar-refractivity contribution in [3.63, 3.8) is 0 Å². The van der Waals surface area contributed by atoms with E-state index in [0.717, 1.165) is 13.0 Å². The summed E-state index contributed by atoms with van der Waals surface area (Å²) < 4.78 is 0. The lowest BCUT2D eigenvalue weighted by Gasteiger charge is -2.22. The SMILES string of the molecule is CCC[C@H](NCC(C)(C)C)C(=O)O. The minimum atomic E-state index is -0.744. The molecule has 0 aromatic carbocycles. The van der Waals surface area contributed by atoms with Crippen LogP contribution in [0.3, 0.4) is 0 Å². The van der Waals surface area contributed by atoms with Crippen LogP contribution in [0.2, 0.25) is 0 Å². The molecule has 0 rings (SSSR count). The van der Waals surface area contributed by atoms with E-state index in [1.807, 2.05) is 6.92 Å². The molecule has 0 unspecified atom stereocenters. The van der Waals surface area contributed by atoms with E-state index in [2.05, 4.69) is 26.1 Å². The molecule has 0 aliphatic heterocycles. The zero-order valence-corrected chi connectivity index (χ0v) is 9.05. The highest BCUT2D eigenvalue weighted by Gasteiger charge is 2.18. The Bertz CT molecular complexity index is 161. The van der Waals surface area contributed by atoms with Gasteiger partial charge in [-0.1, -0.05) is 34.1 Å². The summed E-state index contributed by atoms with van der Waals surface area (Å²) in [5.74, 6) is -0.744. The van der Waals surface area contributed by atoms with Gasteiger partial charge in [-0.25, -0.2) is 0 Å². The lowest BCUT2D eigenvalue weighted by Crippen LogP contribution is -2.40. The first-order valence-corrected chi connectivity index (χ1v) is 4.83. The van der Waals surface area contributed by atoms with Gasteiger partial charge in [-0.15, -0.1) is 0 Å². The lowest BCUT2D eigenvalue weighted by atomic mass is 9.96. The Labute approximate surface area is 80.5 Å². The average Bonchev–Trinajstić information content (AvgIpc) is 1.95. The molecule has 0 spiro atoms. The van der Waals surface area contributed by atoms with Crippen LogP contribution in [0, 0.1) is 5.41 Å². The van der Waals surface area contributed by atoms with Crippen LogP contribution in [0.4, 0.5) is 0 Å². The summed E-state index contributed by atoms with van der Waals surface area (Å²) >= 11 is 0. The molecule has 0 aromatic rings. The summed E-state index contributed by atoms with van der Waals surface area (Å²) in [5.41, 5.74) is 0.140. The molecule has 0 aliphatic carbocycles. The van der Waals surface area contributed by atoms with E-state index in [0.29, 0.717) is 6.42 Å². The Kier molecular flexibility index (Phi) is 4.99. The molecular formula is C10H21NO2. The van der Waals surface area contributed by atoms with Crippen molar-refractivity contribution >= 4 is 5.97 Å². The van der Waals surface area contributed by atoms with E-state index in [1.54, 1.807) is 0 Å². The summed E-state index contributed by atoms with van der Waals surface area (Å²) in [6.45, 7) is 9.00. The van der Waals surface area contributed by atoms with Gasteiger partial charge in [0.25, 0.3) is 0 Å². The number of rotatable bonds is 5. The molecule has 0 aliphatic rings. The van der Waals surface area contributed by atoms with Crippen molar-refractivity contribution in [2.24, 2.45) is 5.41 Å². The van der Waals surface area contributed by atoms with E-state index >= 15 is 0 Å². The molecule has 0 aromatic heterocycles. The van der Waals surface area contributed by atoms with Crippen molar-refractivity contribution in [2.45, 2.75) is 46.6 Å². The van der Waals surface area contributed by atoms with E-state index in [4.69, 9.17) is 5.11 Å². The molecule has 0 saturated heterocycles. The van der Waals surface area contributed by atoms with Crippen molar-refractivity contribution in [2.75, 3.05) is 6.54 Å². The zero-order valence-electron chi connectivity index (χ0n) is 9.05. The predicted molar refractivity (Wildman–Crippen MR) is 53.8 cm³/mol. The molecule has 0 fully saturated rings. The van der Waals surface area contributed by atoms with Gasteiger partial charge in [0.15, 0.2) is 0 Å². The summed E-state index contributed by atoms with van der Waals surface area (Å²) in [4.78, 5) is 10.7. The van der Waals surface area contributed by atoms with Gasteiger partial charge in [-0.05, 0) is 11.8 Å². The van der Waals surface area contributed by atoms with Crippen molar-refractivity contribution in [3.8, 4) is 0 Å². The van der Waals surface area contributed by atoms with Crippen molar-refractivity contribution in [1.29, 1.82) is 0 Å². The van der Waals surface area contributed by atoms with E-state index in [1.165, 1.54) is 0 Å². The molecule has 0 heterocycles. The van der Waals surface area contributed by atoms with Gasteiger partial charge >= 0.3 is 5.97 Å². The summed E-state index contributed by atoms with van der Waals surface area (Å²) in [6, 6.07) is -0.385. The highest BCUT2D eigenvalue weighted by atomic mass is 16.4. The Morgan fingerprint density at radius 2 is 2.00 bits per heavy atom. The topological polar surface area (TPSA) is 49.3 Å². The number of hydrogen-bond donors (Lipinski definition) is 2. The van der Waals surface area contributed by atoms with Crippen LogP contribution in [0.25, 0.3) is 0 Å². The van der Waals surface area contributed by atoms with Gasteiger partial charge < -0.3 is 10.4 Å². The van der Waals surface area contributed by atoms with E-state index in [9.17, 15) is 4.79 Å². The van der Waals surface area contributed by atoms with E-state index in [-0.39, 0.29) is 11.5 Å². The van der Waals surface area contributed by atoms with Gasteiger partial charge in [0.1, 0.15) is 6.04 Å². The number of carboxylic acids is 1. The first-order chi connectivity index (χ1) is 5.87. The standard InChI is InChI=1S/C10H21NO2/c1-5-6-8(9(12)13)11-7-10(2,3)4/h8,11H,5-7H2,1-4H3,(H,12,13)/t8-/m0/s1. The van der Waals surface area contributed by atoms with E-state index < -0.39 is 5.97 Å². The maximum atomic E-state index is 10.7. The Balaban J connectivity index is 3.90. The molecule has 3 heteroatoms. The first-order valence-electron chi connectivity index (χ1n) is 4.83. The molecule has 2 N–H and O–H groups in total. The van der Waals surface area contributed by atoms with Crippen LogP contribution >= 0.6 is 0 Å². The van der Waals surface area contributed by atoms with Gasteiger partial charge in [0.05, 0.1) is 0 Å². The van der Waals surface area contributed by atoms with Gasteiger partial charge in [-0.2, -0.15) is 0 Å². The van der Waals surface area contributed by atoms with Crippen LogP contribution < -0.4 is 5.32 Å². The maximum Gasteiger partial charge on any atom is 0.320 e. The van der Waals surface area contributed by atoms with Crippen LogP contribution in [-0.4, -0.2) is 23.7 Å². The molecule has 13 heavy (non-hydrogen) atoms. The quantitative estimate of drug-likeness (QED) is 0.691. The Morgan fingerprint density at radius 3 is 2.31 bits per heavy atom. The number of aliphatic carboxylic acids is 1. The Morgan fingerprint density at radius 1 is 1.46 bits per heavy atom. The second-order valence-corrected chi connectivity index (χ2v) is 4.62. The highest BCUT2D eigenvalue weighted by molar-refractivity contribution is 5.73. The molecule has 0 radical (unpaired) electrons. The fraction of sp³-hybridized carbons (Fsp3) is 0.900. The smallest absolute Gasteiger partial charge is 0.320 e. The van der Waals surface area contributed by atoms with Crippen LogP contribution in [0.5, 0.6) is 0 Å². The normalized spacial score (nSPS) is 14.2. The predicted octanol–water partition coefficient (Wildman–Crippen LogP) is 1.88. The largest absolute Gasteiger partial charge is 0.480 e. The van der Waals surface area contributed by atoms with Crippen LogP contribution in [-0.2, 0) is 4.79 Å². The second-order valence-electron chi connectivity index (χ2n) is 4.62. The molecule has 0 bridgehead atoms. The molecule has 0 amide bonds. The third-order valence-electron chi connectivity index (χ3n) is 1.75. The zero-order chi connectivity index (χ0) is 10.5. The lowest BCUT2D eigenvalue weighted by molar-refractivity contribution is -0.139. The summed E-state index contributed by atoms with van der Waals surface area (Å²) in [6.07, 6.45) is 1.60. The maximum absolute atomic E-state index is 10.7. The Hall–Kier alpha value is -0.570. The molecule has 1 atom stereocenters. The van der Waals surface area contributed by atoms with Gasteiger partial charge in [0, 0.05) is 6.54 Å². The van der Waals surface area contributed by atoms with Crippen molar-refractivity contribution < 1.29 is 9.90 Å². The van der Waals surface area contributed by atoms with Crippen LogP contribution in [0.15, 0.2) is 0 Å². The average molecular weight is 187 g/mol. The number of carboxylic acid groups (broad SMARTS) is 1. The molecule has 0 saturated carbocycles. The second kappa shape index (κ2) is 5.22. The summed E-state index contributed by atoms with van der Waals surface area (Å²) in [7, 11) is 0. The molecule has 78 valence electrons. The van der Waals surface area contributed by atoms with Crippen molar-refractivity contribution in [3.05, 3.63) is 0 Å². The monoisotopic (exact) mass is 187 g/mol. The molecular weight excluding hydrogens is 166 g/mol. The fourth-order valence-electron chi connectivity index (χ4n) is 1.03. The first kappa shape index (κ1) is 12.4. The molecule has 3 nitrogen and oxygen atoms in total. The van der Waals surface area contributed by atoms with Crippen LogP contribution in [0.1, 0.15) is 40.5 Å². The minimum Gasteiger partial charge on any atom is -0.480 e. The highest BCUT2D eigenvalue weighted by Crippen LogP contribution is 2.11. The number of carbonyl (C=O) groups is 1. The fourth-order valence-corrected chi connectivity index (χ4v) is 1.03. The van der Waals surface area contributed by atoms with Crippen molar-refractivity contribution in [1.82, 2.24) is 5.32 Å².